The van der Waals surface area contributed by atoms with E-state index in [1.165, 1.54) is 12.3 Å². The summed E-state index contributed by atoms with van der Waals surface area (Å²) in [6, 6.07) is 6.36. The first-order valence-electron chi connectivity index (χ1n) is 10.1. The first-order chi connectivity index (χ1) is 14.7. The Hall–Kier alpha value is -2.97. The van der Waals surface area contributed by atoms with Gasteiger partial charge in [-0.25, -0.2) is 4.98 Å². The van der Waals surface area contributed by atoms with E-state index >= 15 is 0 Å². The molecule has 0 aliphatic heterocycles. The van der Waals surface area contributed by atoms with Gasteiger partial charge < -0.3 is 10.1 Å². The summed E-state index contributed by atoms with van der Waals surface area (Å²) in [6.45, 7) is 1.46. The Morgan fingerprint density at radius 1 is 1.23 bits per heavy atom. The molecule has 2 aromatic heterocycles. The Labute approximate surface area is 178 Å². The van der Waals surface area contributed by atoms with Crippen LogP contribution in [0.5, 0.6) is 5.88 Å². The van der Waals surface area contributed by atoms with E-state index in [1.807, 2.05) is 0 Å². The van der Waals surface area contributed by atoms with E-state index in [0.29, 0.717) is 34.9 Å². The number of hydrogen-bond acceptors (Lipinski definition) is 5. The van der Waals surface area contributed by atoms with Gasteiger partial charge in [0.05, 0.1) is 13.0 Å². The van der Waals surface area contributed by atoms with Crippen molar-refractivity contribution in [3.05, 3.63) is 53.0 Å². The lowest BCUT2D eigenvalue weighted by molar-refractivity contribution is -0.139. The average molecular weight is 435 g/mol. The molecular weight excluding hydrogens is 411 g/mol. The summed E-state index contributed by atoms with van der Waals surface area (Å²) >= 11 is 0. The van der Waals surface area contributed by atoms with Crippen molar-refractivity contribution in [2.24, 2.45) is 5.92 Å². The molecule has 1 amide bonds. The molecule has 1 aliphatic rings. The zero-order valence-corrected chi connectivity index (χ0v) is 17.2. The number of nitrogens with zero attached hydrogens (tertiary/aromatic N) is 2. The summed E-state index contributed by atoms with van der Waals surface area (Å²) in [4.78, 5) is 32.9. The summed E-state index contributed by atoms with van der Waals surface area (Å²) in [5.41, 5.74) is 2.32. The largest absolute Gasteiger partial charge is 0.477 e. The Bertz CT molecular complexity index is 926. The number of alkyl halides is 3. The minimum Gasteiger partial charge on any atom is -0.477 e. The maximum atomic E-state index is 12.5. The second kappa shape index (κ2) is 9.89. The van der Waals surface area contributed by atoms with Crippen LogP contribution in [0.25, 0.3) is 0 Å². The smallest absolute Gasteiger partial charge is 0.392 e. The van der Waals surface area contributed by atoms with Gasteiger partial charge in [0, 0.05) is 48.6 Å². The zero-order valence-electron chi connectivity index (χ0n) is 17.2. The molecule has 1 fully saturated rings. The topological polar surface area (TPSA) is 81.2 Å². The molecule has 1 N–H and O–H groups in total. The predicted octanol–water partition coefficient (Wildman–Crippen LogP) is 3.96. The van der Waals surface area contributed by atoms with Crippen LogP contribution in [-0.2, 0) is 17.8 Å². The summed E-state index contributed by atoms with van der Waals surface area (Å²) < 4.78 is 41.4. The first kappa shape index (κ1) is 22.7. The van der Waals surface area contributed by atoms with Gasteiger partial charge in [-0.3, -0.25) is 14.6 Å². The molecule has 2 aromatic rings. The van der Waals surface area contributed by atoms with E-state index < -0.39 is 19.2 Å². The van der Waals surface area contributed by atoms with Crippen LogP contribution in [0.2, 0.25) is 0 Å². The van der Waals surface area contributed by atoms with Crippen molar-refractivity contribution in [2.75, 3.05) is 6.61 Å². The van der Waals surface area contributed by atoms with E-state index in [1.54, 1.807) is 25.1 Å². The van der Waals surface area contributed by atoms with E-state index in [4.69, 9.17) is 4.74 Å². The van der Waals surface area contributed by atoms with Crippen LogP contribution >= 0.6 is 0 Å². The number of nitrogens with one attached hydrogen (secondary N) is 1. The molecule has 0 saturated heterocycles. The van der Waals surface area contributed by atoms with Crippen molar-refractivity contribution in [3.63, 3.8) is 0 Å². The molecule has 31 heavy (non-hydrogen) atoms. The Morgan fingerprint density at radius 3 is 2.65 bits per heavy atom. The third-order valence-corrected chi connectivity index (χ3v) is 4.75. The van der Waals surface area contributed by atoms with Crippen molar-refractivity contribution in [1.29, 1.82) is 0 Å². The van der Waals surface area contributed by atoms with E-state index in [9.17, 15) is 22.8 Å². The monoisotopic (exact) mass is 435 g/mol. The highest BCUT2D eigenvalue weighted by atomic mass is 19.4. The maximum absolute atomic E-state index is 12.5. The Balaban J connectivity index is 1.51. The van der Waals surface area contributed by atoms with Gasteiger partial charge in [0.1, 0.15) is 5.78 Å². The van der Waals surface area contributed by atoms with Crippen molar-refractivity contribution in [1.82, 2.24) is 15.3 Å². The fourth-order valence-corrected chi connectivity index (χ4v) is 3.03. The molecule has 1 aliphatic carbocycles. The van der Waals surface area contributed by atoms with Gasteiger partial charge in [0.15, 0.2) is 0 Å². The van der Waals surface area contributed by atoms with Crippen molar-refractivity contribution in [3.8, 4) is 5.88 Å². The van der Waals surface area contributed by atoms with Gasteiger partial charge in [0.2, 0.25) is 5.88 Å². The SMILES string of the molecule is Cc1cc(C(=O)NCc2ccc(OCCC(F)(F)F)nc2)cc(CC(=O)CC2CC2)n1. The summed E-state index contributed by atoms with van der Waals surface area (Å²) in [6.07, 6.45) is -0.889. The predicted molar refractivity (Wildman–Crippen MR) is 107 cm³/mol. The second-order valence-corrected chi connectivity index (χ2v) is 7.75. The Kier molecular flexibility index (Phi) is 7.25. The Morgan fingerprint density at radius 2 is 2.00 bits per heavy atom. The number of pyridine rings is 2. The summed E-state index contributed by atoms with van der Waals surface area (Å²) in [5, 5.41) is 2.77. The van der Waals surface area contributed by atoms with Crippen LogP contribution < -0.4 is 10.1 Å². The normalized spacial score (nSPS) is 13.7. The van der Waals surface area contributed by atoms with E-state index in [0.717, 1.165) is 12.8 Å². The fourth-order valence-electron chi connectivity index (χ4n) is 3.03. The van der Waals surface area contributed by atoms with Crippen LogP contribution in [-0.4, -0.2) is 34.4 Å². The van der Waals surface area contributed by atoms with Crippen molar-refractivity contribution >= 4 is 11.7 Å². The maximum Gasteiger partial charge on any atom is 0.392 e. The van der Waals surface area contributed by atoms with Gasteiger partial charge in [-0.2, -0.15) is 13.2 Å². The number of rotatable bonds is 10. The highest BCUT2D eigenvalue weighted by molar-refractivity contribution is 5.94. The van der Waals surface area contributed by atoms with Crippen molar-refractivity contribution < 1.29 is 27.5 Å². The first-order valence-corrected chi connectivity index (χ1v) is 10.1. The van der Waals surface area contributed by atoms with Crippen molar-refractivity contribution in [2.45, 2.75) is 51.7 Å². The molecule has 0 bridgehead atoms. The minimum atomic E-state index is -4.28. The highest BCUT2D eigenvalue weighted by Crippen LogP contribution is 2.32. The number of ketones is 1. The molecule has 0 unspecified atom stereocenters. The van der Waals surface area contributed by atoms with Gasteiger partial charge in [-0.1, -0.05) is 6.07 Å². The third kappa shape index (κ3) is 7.99. The van der Waals surface area contributed by atoms with E-state index in [2.05, 4.69) is 15.3 Å². The summed E-state index contributed by atoms with van der Waals surface area (Å²) in [7, 11) is 0. The number of Topliss-reactive ketones (excluding diaryl/α,β-unsaturated/α-hetero) is 1. The number of carbonyl (C=O) groups excluding carboxylic acids is 2. The molecule has 0 atom stereocenters. The van der Waals surface area contributed by atoms with Crippen LogP contribution in [0, 0.1) is 12.8 Å². The molecule has 2 heterocycles. The molecule has 9 heteroatoms. The lowest BCUT2D eigenvalue weighted by atomic mass is 10.1. The van der Waals surface area contributed by atoms with Gasteiger partial charge in [0.25, 0.3) is 5.91 Å². The number of aromatic nitrogens is 2. The number of amides is 1. The number of aryl methyl sites for hydroxylation is 1. The lowest BCUT2D eigenvalue weighted by Gasteiger charge is -2.10. The van der Waals surface area contributed by atoms with Crippen LogP contribution in [0.1, 0.15) is 53.0 Å². The molecule has 0 aromatic carbocycles. The van der Waals surface area contributed by atoms with Crippen LogP contribution in [0.15, 0.2) is 30.5 Å². The zero-order chi connectivity index (χ0) is 22.4. The number of hydrogen-bond donors (Lipinski definition) is 1. The standard InChI is InChI=1S/C22H24F3N3O3/c1-14-8-17(10-18(28-14)11-19(29)9-15-2-3-15)21(30)27-13-16-4-5-20(26-12-16)31-7-6-22(23,24)25/h4-5,8,10,12,15H,2-3,6-7,9,11,13H2,1H3,(H,27,30). The molecule has 1 saturated carbocycles. The van der Waals surface area contributed by atoms with Crippen LogP contribution in [0.4, 0.5) is 13.2 Å². The van der Waals surface area contributed by atoms with Gasteiger partial charge in [-0.05, 0) is 43.4 Å². The summed E-state index contributed by atoms with van der Waals surface area (Å²) in [5.74, 6) is 0.419. The average Bonchev–Trinajstić information content (AvgIpc) is 3.49. The quantitative estimate of drug-likeness (QED) is 0.611. The molecule has 0 spiro atoms. The number of ether oxygens (including phenoxy) is 1. The molecule has 6 nitrogen and oxygen atoms in total. The fraction of sp³-hybridized carbons (Fsp3) is 0.455. The van der Waals surface area contributed by atoms with E-state index in [-0.39, 0.29) is 30.5 Å². The third-order valence-electron chi connectivity index (χ3n) is 4.75. The number of carbonyl (C=O) groups is 2. The van der Waals surface area contributed by atoms with Gasteiger partial charge >= 0.3 is 6.18 Å². The molecular formula is C22H24F3N3O3. The van der Waals surface area contributed by atoms with Crippen LogP contribution in [0.3, 0.4) is 0 Å². The minimum absolute atomic E-state index is 0.0876. The number of halogens is 3. The molecule has 166 valence electrons. The second-order valence-electron chi connectivity index (χ2n) is 7.75. The molecule has 3 rings (SSSR count). The van der Waals surface area contributed by atoms with Gasteiger partial charge in [-0.15, -0.1) is 0 Å². The highest BCUT2D eigenvalue weighted by Gasteiger charge is 2.27. The lowest BCUT2D eigenvalue weighted by Crippen LogP contribution is -2.23. The molecule has 0 radical (unpaired) electrons.